The topological polar surface area (TPSA) is 121 Å². The number of hydrogen-bond acceptors (Lipinski definition) is 6. The van der Waals surface area contributed by atoms with Gasteiger partial charge in [-0.3, -0.25) is 0 Å². The largest absolute Gasteiger partial charge is 1.00 e. The fourth-order valence-corrected chi connectivity index (χ4v) is 2.17. The third-order valence-corrected chi connectivity index (χ3v) is 3.32. The normalized spacial score (nSPS) is 14.1. The standard InChI is InChI=1S/C7H5ClN3O2S.Na.O2S.H/c8-4-1-6-7(2-5(4)9)14(12,13)11-3-10-6;;1-3-2;/h1-3H,9H2;;;/q-1;+1;;-1. The molecule has 7 nitrogen and oxygen atoms in total. The van der Waals surface area contributed by atoms with Crippen LogP contribution in [-0.4, -0.2) is 23.2 Å². The van der Waals surface area contributed by atoms with Crippen molar-refractivity contribution in [1.29, 1.82) is 0 Å². The third kappa shape index (κ3) is 4.04. The molecule has 1 heterocycles. The van der Waals surface area contributed by atoms with Gasteiger partial charge in [0.1, 0.15) is 0 Å². The Labute approximate surface area is 135 Å². The third-order valence-electron chi connectivity index (χ3n) is 1.74. The molecule has 1 aromatic carbocycles. The Morgan fingerprint density at radius 3 is 2.50 bits per heavy atom. The molecule has 0 amide bonds. The van der Waals surface area contributed by atoms with Crippen molar-refractivity contribution in [3.8, 4) is 0 Å². The van der Waals surface area contributed by atoms with E-state index in [0.717, 1.165) is 6.34 Å². The average molecular weight is 319 g/mol. The molecule has 0 fully saturated rings. The zero-order valence-electron chi connectivity index (χ0n) is 10.0. The van der Waals surface area contributed by atoms with Crippen LogP contribution in [0.4, 0.5) is 11.4 Å². The summed E-state index contributed by atoms with van der Waals surface area (Å²) in [5.41, 5.74) is 5.93. The summed E-state index contributed by atoms with van der Waals surface area (Å²) in [4.78, 5) is 3.77. The zero-order chi connectivity index (χ0) is 13.1. The molecule has 0 aromatic heterocycles. The molecule has 11 heteroatoms. The smallest absolute Gasteiger partial charge is 1.00 e. The van der Waals surface area contributed by atoms with E-state index in [9.17, 15) is 8.42 Å². The van der Waals surface area contributed by atoms with Gasteiger partial charge in [-0.05, 0) is 17.8 Å². The number of anilines is 1. The quantitative estimate of drug-likeness (QED) is 0.442. The molecule has 0 saturated heterocycles. The van der Waals surface area contributed by atoms with Gasteiger partial charge in [-0.2, -0.15) is 8.42 Å². The van der Waals surface area contributed by atoms with E-state index in [0.29, 0.717) is 0 Å². The molecule has 0 atom stereocenters. The molecular weight excluding hydrogens is 313 g/mol. The minimum atomic E-state index is -3.64. The predicted molar refractivity (Wildman–Crippen MR) is 64.6 cm³/mol. The van der Waals surface area contributed by atoms with E-state index in [2.05, 4.69) is 9.71 Å². The number of nitrogens with zero attached hydrogens (tertiary/aromatic N) is 2. The Morgan fingerprint density at radius 1 is 1.39 bits per heavy atom. The minimum absolute atomic E-state index is 0. The van der Waals surface area contributed by atoms with Crippen molar-refractivity contribution in [2.24, 2.45) is 4.99 Å². The van der Waals surface area contributed by atoms with Crippen LogP contribution in [0.1, 0.15) is 1.43 Å². The van der Waals surface area contributed by atoms with Crippen molar-refractivity contribution < 1.29 is 47.8 Å². The molecule has 0 spiro atoms. The second kappa shape index (κ2) is 7.22. The zero-order valence-corrected chi connectivity index (χ0v) is 13.4. The summed E-state index contributed by atoms with van der Waals surface area (Å²) >= 11 is 4.96. The van der Waals surface area contributed by atoms with Gasteiger partial charge >= 0.3 is 41.1 Å². The Kier molecular flexibility index (Phi) is 7.04. The summed E-state index contributed by atoms with van der Waals surface area (Å²) < 4.78 is 42.6. The number of benzene rings is 1. The van der Waals surface area contributed by atoms with Crippen molar-refractivity contribution in [3.05, 3.63) is 21.9 Å². The van der Waals surface area contributed by atoms with Crippen LogP contribution in [0.15, 0.2) is 22.0 Å². The van der Waals surface area contributed by atoms with Crippen molar-refractivity contribution in [2.75, 3.05) is 5.73 Å². The molecule has 0 bridgehead atoms. The maximum atomic E-state index is 11.4. The molecule has 2 N–H and O–H groups in total. The maximum Gasteiger partial charge on any atom is 1.00 e. The van der Waals surface area contributed by atoms with Gasteiger partial charge in [0.2, 0.25) is 10.0 Å². The van der Waals surface area contributed by atoms with Gasteiger partial charge in [-0.1, -0.05) is 17.9 Å². The first-order valence-corrected chi connectivity index (χ1v) is 6.41. The molecule has 1 aliphatic heterocycles. The van der Waals surface area contributed by atoms with Crippen LogP contribution in [-0.2, 0) is 21.6 Å². The van der Waals surface area contributed by atoms with E-state index in [1.54, 1.807) is 0 Å². The van der Waals surface area contributed by atoms with Gasteiger partial charge in [-0.25, -0.2) is 8.42 Å². The Bertz CT molecular complexity index is 619. The summed E-state index contributed by atoms with van der Waals surface area (Å²) in [5, 5.41) is 0.276. The van der Waals surface area contributed by atoms with Crippen LogP contribution in [0.5, 0.6) is 0 Å². The molecule has 1 aromatic rings. The molecular formula is C7H6ClN3NaO4S2-. The van der Waals surface area contributed by atoms with E-state index < -0.39 is 21.6 Å². The van der Waals surface area contributed by atoms with Crippen molar-refractivity contribution in [1.82, 2.24) is 0 Å². The second-order valence-corrected chi connectivity index (χ2v) is 4.88. The Balaban J connectivity index is 0. The molecule has 18 heavy (non-hydrogen) atoms. The number of nitrogens with two attached hydrogens (primary N) is 1. The van der Waals surface area contributed by atoms with Gasteiger partial charge in [0.25, 0.3) is 0 Å². The van der Waals surface area contributed by atoms with Crippen LogP contribution >= 0.6 is 11.6 Å². The van der Waals surface area contributed by atoms with Crippen molar-refractivity contribution in [3.63, 3.8) is 0 Å². The first kappa shape index (κ1) is 17.6. The Morgan fingerprint density at radius 2 is 1.94 bits per heavy atom. The van der Waals surface area contributed by atoms with Gasteiger partial charge in [0.15, 0.2) is 0 Å². The monoisotopic (exact) mass is 318 g/mol. The summed E-state index contributed by atoms with van der Waals surface area (Å²) in [6, 6.07) is 2.65. The summed E-state index contributed by atoms with van der Waals surface area (Å²) in [6.45, 7) is 0. The first-order valence-electron chi connectivity index (χ1n) is 3.93. The van der Waals surface area contributed by atoms with E-state index in [1.807, 2.05) is 0 Å². The maximum absolute atomic E-state index is 11.4. The molecule has 0 aliphatic carbocycles. The van der Waals surface area contributed by atoms with E-state index in [4.69, 9.17) is 25.8 Å². The Hall–Kier alpha value is -0.450. The predicted octanol–water partition coefficient (Wildman–Crippen LogP) is -1.90. The van der Waals surface area contributed by atoms with Crippen LogP contribution in [0.2, 0.25) is 5.02 Å². The van der Waals surface area contributed by atoms with Crippen LogP contribution < -0.4 is 35.3 Å². The van der Waals surface area contributed by atoms with E-state index in [1.165, 1.54) is 12.1 Å². The first-order chi connectivity index (χ1) is 7.92. The SMILES string of the molecule is Nc1cc2c(cc1Cl)N=C[N-]S2(=O)=O.O=S=O.[H-].[Na+]. The van der Waals surface area contributed by atoms with Crippen LogP contribution in [0.3, 0.4) is 0 Å². The summed E-state index contributed by atoms with van der Waals surface area (Å²) in [7, 11) is -3.64. The number of rotatable bonds is 0. The van der Waals surface area contributed by atoms with Gasteiger partial charge < -0.3 is 16.9 Å². The summed E-state index contributed by atoms with van der Waals surface area (Å²) in [6.07, 6.45) is 0.976. The number of hydrogen-bond donors (Lipinski definition) is 1. The van der Waals surface area contributed by atoms with Crippen molar-refractivity contribution >= 4 is 50.9 Å². The fourth-order valence-electron chi connectivity index (χ4n) is 1.07. The second-order valence-electron chi connectivity index (χ2n) is 2.73. The summed E-state index contributed by atoms with van der Waals surface area (Å²) in [5.74, 6) is 0. The number of fused-ring (bicyclic) bond motifs is 1. The molecule has 94 valence electrons. The fraction of sp³-hybridized carbons (Fsp3) is 0. The van der Waals surface area contributed by atoms with Gasteiger partial charge in [-0.15, -0.1) is 0 Å². The molecule has 1 aliphatic rings. The minimum Gasteiger partial charge on any atom is -1.00 e. The molecule has 0 saturated carbocycles. The van der Waals surface area contributed by atoms with Gasteiger partial charge in [0.05, 0.1) is 15.6 Å². The number of halogens is 1. The van der Waals surface area contributed by atoms with Crippen molar-refractivity contribution in [2.45, 2.75) is 4.90 Å². The number of nitrogen functional groups attached to an aromatic ring is 1. The average Bonchev–Trinajstić information content (AvgIpc) is 2.22. The number of aliphatic imine (C=N–C) groups is 1. The van der Waals surface area contributed by atoms with Crippen LogP contribution in [0.25, 0.3) is 4.72 Å². The van der Waals surface area contributed by atoms with E-state index >= 15 is 0 Å². The molecule has 2 rings (SSSR count). The molecule has 0 radical (unpaired) electrons. The van der Waals surface area contributed by atoms with E-state index in [-0.39, 0.29) is 52.3 Å². The number of sulfonamides is 1. The van der Waals surface area contributed by atoms with Gasteiger partial charge in [0, 0.05) is 0 Å². The van der Waals surface area contributed by atoms with Crippen LogP contribution in [0, 0.1) is 0 Å². The molecule has 0 unspecified atom stereocenters.